The fraction of sp³-hybridized carbons (Fsp3) is 0.333. The van der Waals surface area contributed by atoms with E-state index in [1.807, 2.05) is 35.8 Å². The molecule has 0 radical (unpaired) electrons. The number of hydrogen-bond acceptors (Lipinski definition) is 3. The van der Waals surface area contributed by atoms with Gasteiger partial charge in [0.25, 0.3) is 0 Å². The molecule has 4 nitrogen and oxygen atoms in total. The largest absolute Gasteiger partial charge is 0.374 e. The summed E-state index contributed by atoms with van der Waals surface area (Å²) >= 11 is 0. The van der Waals surface area contributed by atoms with Crippen molar-refractivity contribution in [2.24, 2.45) is 0 Å². The summed E-state index contributed by atoms with van der Waals surface area (Å²) < 4.78 is 6.92. The summed E-state index contributed by atoms with van der Waals surface area (Å²) in [4.78, 5) is 15.8. The Hall–Kier alpha value is -1.68. The van der Waals surface area contributed by atoms with Crippen LogP contribution >= 0.6 is 0 Å². The van der Waals surface area contributed by atoms with Gasteiger partial charge in [-0.25, -0.2) is 4.98 Å². The number of Topliss-reactive ketones (excluding diaryl/α,β-unsaturated/α-hetero) is 1. The van der Waals surface area contributed by atoms with E-state index in [2.05, 4.69) is 4.98 Å². The minimum atomic E-state index is 0.0602. The first-order chi connectivity index (χ1) is 7.81. The molecule has 0 aliphatic rings. The number of imidazole rings is 1. The van der Waals surface area contributed by atoms with E-state index in [0.717, 1.165) is 11.0 Å². The lowest BCUT2D eigenvalue weighted by atomic mass is 10.3. The predicted molar refractivity (Wildman–Crippen MR) is 61.2 cm³/mol. The Morgan fingerprint density at radius 3 is 3.06 bits per heavy atom. The summed E-state index contributed by atoms with van der Waals surface area (Å²) in [6.45, 7) is 2.93. The molecule has 1 aromatic heterocycles. The number of rotatable bonds is 5. The molecule has 0 atom stereocenters. The Morgan fingerprint density at radius 2 is 2.25 bits per heavy atom. The van der Waals surface area contributed by atoms with Crippen LogP contribution in [0.5, 0.6) is 0 Å². The second kappa shape index (κ2) is 4.90. The van der Waals surface area contributed by atoms with Crippen molar-refractivity contribution in [3.05, 3.63) is 30.6 Å². The molecule has 4 heteroatoms. The van der Waals surface area contributed by atoms with Gasteiger partial charge >= 0.3 is 0 Å². The summed E-state index contributed by atoms with van der Waals surface area (Å²) in [5.74, 6) is 0.0602. The quantitative estimate of drug-likeness (QED) is 0.766. The molecule has 0 N–H and O–H groups in total. The maximum Gasteiger partial charge on any atom is 0.178 e. The molecule has 0 bridgehead atoms. The van der Waals surface area contributed by atoms with Gasteiger partial charge in [0.15, 0.2) is 5.78 Å². The van der Waals surface area contributed by atoms with E-state index < -0.39 is 0 Å². The van der Waals surface area contributed by atoms with Gasteiger partial charge in [-0.2, -0.15) is 0 Å². The number of carbonyl (C=O) groups excluding carboxylic acids is 1. The van der Waals surface area contributed by atoms with Crippen LogP contribution in [0.4, 0.5) is 0 Å². The van der Waals surface area contributed by atoms with Crippen LogP contribution in [0.3, 0.4) is 0 Å². The number of ether oxygens (including phenoxy) is 1. The van der Waals surface area contributed by atoms with E-state index in [4.69, 9.17) is 4.74 Å². The SMILES string of the molecule is CCOCC(=O)Cn1cnc2ccccc21. The lowest BCUT2D eigenvalue weighted by Crippen LogP contribution is -2.15. The average Bonchev–Trinajstić information content (AvgIpc) is 2.70. The summed E-state index contributed by atoms with van der Waals surface area (Å²) in [5, 5.41) is 0. The minimum absolute atomic E-state index is 0.0602. The molecule has 0 saturated heterocycles. The molecule has 0 aliphatic carbocycles. The Kier molecular flexibility index (Phi) is 3.31. The average molecular weight is 218 g/mol. The maximum atomic E-state index is 11.5. The Morgan fingerprint density at radius 1 is 1.44 bits per heavy atom. The molecule has 0 aliphatic heterocycles. The first-order valence-electron chi connectivity index (χ1n) is 5.30. The van der Waals surface area contributed by atoms with Gasteiger partial charge in [0.1, 0.15) is 6.61 Å². The summed E-state index contributed by atoms with van der Waals surface area (Å²) in [7, 11) is 0. The van der Waals surface area contributed by atoms with Crippen LogP contribution < -0.4 is 0 Å². The van der Waals surface area contributed by atoms with Gasteiger partial charge in [0, 0.05) is 6.61 Å². The van der Waals surface area contributed by atoms with Crippen LogP contribution in [0, 0.1) is 0 Å². The highest BCUT2D eigenvalue weighted by molar-refractivity contribution is 5.82. The normalized spacial score (nSPS) is 10.8. The molecule has 0 unspecified atom stereocenters. The molecular formula is C12H14N2O2. The smallest absolute Gasteiger partial charge is 0.178 e. The zero-order chi connectivity index (χ0) is 11.4. The third-order valence-electron chi connectivity index (χ3n) is 2.34. The van der Waals surface area contributed by atoms with E-state index in [-0.39, 0.29) is 12.4 Å². The van der Waals surface area contributed by atoms with Gasteiger partial charge in [0.2, 0.25) is 0 Å². The van der Waals surface area contributed by atoms with E-state index in [9.17, 15) is 4.79 Å². The van der Waals surface area contributed by atoms with Gasteiger partial charge in [-0.05, 0) is 19.1 Å². The van der Waals surface area contributed by atoms with Crippen molar-refractivity contribution in [1.29, 1.82) is 0 Å². The highest BCUT2D eigenvalue weighted by Gasteiger charge is 2.06. The molecular weight excluding hydrogens is 204 g/mol. The molecule has 0 spiro atoms. The molecule has 84 valence electrons. The van der Waals surface area contributed by atoms with Crippen molar-refractivity contribution in [2.75, 3.05) is 13.2 Å². The third kappa shape index (κ3) is 2.28. The molecule has 1 heterocycles. The highest BCUT2D eigenvalue weighted by Crippen LogP contribution is 2.11. The van der Waals surface area contributed by atoms with Gasteiger partial charge in [-0.1, -0.05) is 12.1 Å². The lowest BCUT2D eigenvalue weighted by molar-refractivity contribution is -0.123. The van der Waals surface area contributed by atoms with Crippen molar-refractivity contribution < 1.29 is 9.53 Å². The van der Waals surface area contributed by atoms with Gasteiger partial charge in [0.05, 0.1) is 23.9 Å². The fourth-order valence-electron chi connectivity index (χ4n) is 1.59. The van der Waals surface area contributed by atoms with Gasteiger partial charge in [-0.15, -0.1) is 0 Å². The summed E-state index contributed by atoms with van der Waals surface area (Å²) in [6.07, 6.45) is 1.69. The monoisotopic (exact) mass is 218 g/mol. The van der Waals surface area contributed by atoms with E-state index in [1.165, 1.54) is 0 Å². The van der Waals surface area contributed by atoms with Gasteiger partial charge < -0.3 is 9.30 Å². The predicted octanol–water partition coefficient (Wildman–Crippen LogP) is 1.64. The number of carbonyl (C=O) groups is 1. The molecule has 2 rings (SSSR count). The van der Waals surface area contributed by atoms with Gasteiger partial charge in [-0.3, -0.25) is 4.79 Å². The first-order valence-corrected chi connectivity index (χ1v) is 5.30. The molecule has 1 aromatic carbocycles. The highest BCUT2D eigenvalue weighted by atomic mass is 16.5. The number of para-hydroxylation sites is 2. The summed E-state index contributed by atoms with van der Waals surface area (Å²) in [5.41, 5.74) is 1.89. The fourth-order valence-corrected chi connectivity index (χ4v) is 1.59. The molecule has 0 amide bonds. The number of nitrogens with zero attached hydrogens (tertiary/aromatic N) is 2. The topological polar surface area (TPSA) is 44.1 Å². The number of ketones is 1. The Balaban J connectivity index is 2.12. The molecule has 0 fully saturated rings. The summed E-state index contributed by atoms with van der Waals surface area (Å²) in [6, 6.07) is 7.75. The van der Waals surface area contributed by atoms with Crippen molar-refractivity contribution >= 4 is 16.8 Å². The standard InChI is InChI=1S/C12H14N2O2/c1-2-16-8-10(15)7-14-9-13-11-5-3-4-6-12(11)14/h3-6,9H,2,7-8H2,1H3. The van der Waals surface area contributed by atoms with Crippen LogP contribution in [0.15, 0.2) is 30.6 Å². The maximum absolute atomic E-state index is 11.5. The lowest BCUT2D eigenvalue weighted by Gasteiger charge is -2.03. The second-order valence-electron chi connectivity index (χ2n) is 3.54. The zero-order valence-corrected chi connectivity index (χ0v) is 9.22. The molecule has 2 aromatic rings. The van der Waals surface area contributed by atoms with Crippen molar-refractivity contribution in [3.63, 3.8) is 0 Å². The van der Waals surface area contributed by atoms with Crippen LogP contribution in [0.1, 0.15) is 6.92 Å². The van der Waals surface area contributed by atoms with Crippen molar-refractivity contribution in [2.45, 2.75) is 13.5 Å². The zero-order valence-electron chi connectivity index (χ0n) is 9.22. The van der Waals surface area contributed by atoms with E-state index in [0.29, 0.717) is 13.2 Å². The van der Waals surface area contributed by atoms with Crippen molar-refractivity contribution in [1.82, 2.24) is 9.55 Å². The Bertz CT molecular complexity index is 490. The van der Waals surface area contributed by atoms with E-state index >= 15 is 0 Å². The second-order valence-corrected chi connectivity index (χ2v) is 3.54. The van der Waals surface area contributed by atoms with Crippen LogP contribution in [0.25, 0.3) is 11.0 Å². The van der Waals surface area contributed by atoms with Crippen LogP contribution in [-0.4, -0.2) is 28.5 Å². The van der Waals surface area contributed by atoms with Crippen LogP contribution in [-0.2, 0) is 16.1 Å². The number of hydrogen-bond donors (Lipinski definition) is 0. The number of fused-ring (bicyclic) bond motifs is 1. The Labute approximate surface area is 93.9 Å². The van der Waals surface area contributed by atoms with E-state index in [1.54, 1.807) is 6.33 Å². The number of aromatic nitrogens is 2. The molecule has 0 saturated carbocycles. The number of benzene rings is 1. The third-order valence-corrected chi connectivity index (χ3v) is 2.34. The minimum Gasteiger partial charge on any atom is -0.374 e. The van der Waals surface area contributed by atoms with Crippen LogP contribution in [0.2, 0.25) is 0 Å². The molecule has 16 heavy (non-hydrogen) atoms. The van der Waals surface area contributed by atoms with Crippen molar-refractivity contribution in [3.8, 4) is 0 Å². The first kappa shape index (κ1) is 10.8.